The molecule has 2 amide bonds. The fourth-order valence-corrected chi connectivity index (χ4v) is 5.69. The second-order valence-electron chi connectivity index (χ2n) is 11.8. The monoisotopic (exact) mass is 648 g/mol. The van der Waals surface area contributed by atoms with Gasteiger partial charge in [0.05, 0.1) is 0 Å². The first kappa shape index (κ1) is 36.8. The summed E-state index contributed by atoms with van der Waals surface area (Å²) in [6.45, 7) is 10.7. The van der Waals surface area contributed by atoms with Crippen molar-refractivity contribution in [3.8, 4) is 0 Å². The van der Waals surface area contributed by atoms with E-state index in [-0.39, 0.29) is 13.2 Å². The summed E-state index contributed by atoms with van der Waals surface area (Å²) in [6.07, 6.45) is -0.834. The zero-order chi connectivity index (χ0) is 32.6. The van der Waals surface area contributed by atoms with Crippen LogP contribution in [0.2, 0.25) is 0 Å². The molecule has 0 spiro atoms. The minimum atomic E-state index is -0.902. The molecule has 2 atom stereocenters. The van der Waals surface area contributed by atoms with Crippen LogP contribution in [0.5, 0.6) is 0 Å². The molecule has 0 bridgehead atoms. The molecule has 0 radical (unpaired) electrons. The van der Waals surface area contributed by atoms with Crippen molar-refractivity contribution in [2.75, 3.05) is 11.5 Å². The van der Waals surface area contributed by atoms with Crippen molar-refractivity contribution in [3.63, 3.8) is 0 Å². The van der Waals surface area contributed by atoms with Gasteiger partial charge in [0.2, 0.25) is 0 Å². The molecule has 242 valence electrons. The Bertz CT molecular complexity index is 1090. The predicted molar refractivity (Wildman–Crippen MR) is 173 cm³/mol. The van der Waals surface area contributed by atoms with Gasteiger partial charge < -0.3 is 29.6 Å². The van der Waals surface area contributed by atoms with E-state index in [1.807, 2.05) is 60.7 Å². The van der Waals surface area contributed by atoms with Gasteiger partial charge in [-0.2, -0.15) is 0 Å². The van der Waals surface area contributed by atoms with E-state index < -0.39 is 47.4 Å². The quantitative estimate of drug-likeness (QED) is 0.0966. The predicted octanol–water partition coefficient (Wildman–Crippen LogP) is 6.42. The van der Waals surface area contributed by atoms with Crippen LogP contribution in [0.1, 0.15) is 65.5 Å². The Hall–Kier alpha value is -3.38. The molecule has 2 rings (SSSR count). The molecule has 2 N–H and O–H groups in total. The van der Waals surface area contributed by atoms with Crippen molar-refractivity contribution in [2.24, 2.45) is 0 Å². The van der Waals surface area contributed by atoms with Crippen LogP contribution in [0.4, 0.5) is 9.59 Å². The van der Waals surface area contributed by atoms with Crippen LogP contribution in [-0.2, 0) is 41.8 Å². The van der Waals surface area contributed by atoms with Gasteiger partial charge in [-0.05, 0) is 65.5 Å². The summed E-state index contributed by atoms with van der Waals surface area (Å²) in [7, 11) is 2.94. The van der Waals surface area contributed by atoms with E-state index in [1.54, 1.807) is 41.5 Å². The standard InChI is InChI=1S/C32H44N2O8S2/c1-31(2,3)41-27(35)25(33-29(37)39-21-23-13-9-7-10-14-23)17-19-43-44-20-18-26(28(36)42-32(4,5)6)34-30(38)40-22-24-15-11-8-12-16-24/h7-16,25-26H,17-22H2,1-6H3,(H,33,37)(H,34,38)/t25-,26-/m0/s1. The Morgan fingerprint density at radius 3 is 1.27 bits per heavy atom. The van der Waals surface area contributed by atoms with Crippen molar-refractivity contribution in [3.05, 3.63) is 71.8 Å². The maximum Gasteiger partial charge on any atom is 0.408 e. The van der Waals surface area contributed by atoms with Gasteiger partial charge in [-0.3, -0.25) is 0 Å². The molecule has 44 heavy (non-hydrogen) atoms. The third-order valence-electron chi connectivity index (χ3n) is 5.46. The highest BCUT2D eigenvalue weighted by atomic mass is 33.1. The molecule has 0 aliphatic rings. The lowest BCUT2D eigenvalue weighted by atomic mass is 10.1. The summed E-state index contributed by atoms with van der Waals surface area (Å²) in [4.78, 5) is 50.5. The number of benzene rings is 2. The van der Waals surface area contributed by atoms with Crippen LogP contribution in [0, 0.1) is 0 Å². The number of amides is 2. The largest absolute Gasteiger partial charge is 0.458 e. The molecular weight excluding hydrogens is 604 g/mol. The second kappa shape index (κ2) is 18.4. The molecule has 2 aromatic carbocycles. The van der Waals surface area contributed by atoms with Gasteiger partial charge in [0.1, 0.15) is 36.5 Å². The van der Waals surface area contributed by atoms with Gasteiger partial charge in [0.25, 0.3) is 0 Å². The Labute approximate surface area is 268 Å². The van der Waals surface area contributed by atoms with Crippen molar-refractivity contribution >= 4 is 45.7 Å². The Morgan fingerprint density at radius 2 is 0.955 bits per heavy atom. The Balaban J connectivity index is 1.86. The number of esters is 2. The van der Waals surface area contributed by atoms with Crippen LogP contribution in [0.3, 0.4) is 0 Å². The van der Waals surface area contributed by atoms with Crippen LogP contribution in [0.25, 0.3) is 0 Å². The zero-order valence-corrected chi connectivity index (χ0v) is 27.9. The summed E-state index contributed by atoms with van der Waals surface area (Å²) in [5.74, 6) is -0.111. The SMILES string of the molecule is CC(C)(C)OC(=O)[C@H](CCSSCC[C@H](NC(=O)OCc1ccccc1)C(=O)OC(C)(C)C)NC(=O)OCc1ccccc1. The maximum atomic E-state index is 12.8. The summed E-state index contributed by atoms with van der Waals surface area (Å²) in [5.41, 5.74) is 0.205. The number of ether oxygens (including phenoxy) is 4. The number of hydrogen-bond acceptors (Lipinski definition) is 10. The molecule has 12 heteroatoms. The highest BCUT2D eigenvalue weighted by Gasteiger charge is 2.28. The summed E-state index contributed by atoms with van der Waals surface area (Å²) < 4.78 is 21.6. The smallest absolute Gasteiger partial charge is 0.408 e. The highest BCUT2D eigenvalue weighted by molar-refractivity contribution is 8.76. The van der Waals surface area contributed by atoms with E-state index in [0.717, 1.165) is 11.1 Å². The molecule has 0 fully saturated rings. The minimum Gasteiger partial charge on any atom is -0.458 e. The second-order valence-corrected chi connectivity index (χ2v) is 14.5. The van der Waals surface area contributed by atoms with Gasteiger partial charge in [-0.1, -0.05) is 82.3 Å². The van der Waals surface area contributed by atoms with E-state index in [4.69, 9.17) is 18.9 Å². The van der Waals surface area contributed by atoms with Gasteiger partial charge in [-0.25, -0.2) is 19.2 Å². The molecule has 0 saturated carbocycles. The van der Waals surface area contributed by atoms with Gasteiger partial charge in [0.15, 0.2) is 0 Å². The molecule has 0 heterocycles. The minimum absolute atomic E-state index is 0.0744. The average Bonchev–Trinajstić information content (AvgIpc) is 2.94. The van der Waals surface area contributed by atoms with Crippen LogP contribution in [0.15, 0.2) is 60.7 Å². The van der Waals surface area contributed by atoms with Crippen molar-refractivity contribution < 1.29 is 38.1 Å². The maximum absolute atomic E-state index is 12.8. The van der Waals surface area contributed by atoms with Crippen LogP contribution < -0.4 is 10.6 Å². The summed E-state index contributed by atoms with van der Waals surface area (Å²) in [5, 5.41) is 5.24. The van der Waals surface area contributed by atoms with E-state index >= 15 is 0 Å². The van der Waals surface area contributed by atoms with E-state index in [1.165, 1.54) is 21.6 Å². The third-order valence-corrected chi connectivity index (χ3v) is 7.93. The molecule has 0 unspecified atom stereocenters. The lowest BCUT2D eigenvalue weighted by Crippen LogP contribution is -2.44. The number of nitrogens with one attached hydrogen (secondary N) is 2. The third kappa shape index (κ3) is 16.5. The zero-order valence-electron chi connectivity index (χ0n) is 26.3. The molecule has 10 nitrogen and oxygen atoms in total. The van der Waals surface area contributed by atoms with Crippen LogP contribution in [-0.4, -0.2) is 58.9 Å². The first-order valence-electron chi connectivity index (χ1n) is 14.4. The van der Waals surface area contributed by atoms with Gasteiger partial charge in [-0.15, -0.1) is 0 Å². The number of carbonyl (C=O) groups excluding carboxylic acids is 4. The lowest BCUT2D eigenvalue weighted by Gasteiger charge is -2.24. The summed E-state index contributed by atoms with van der Waals surface area (Å²) in [6, 6.07) is 16.7. The Morgan fingerprint density at radius 1 is 0.614 bits per heavy atom. The summed E-state index contributed by atoms with van der Waals surface area (Å²) >= 11 is 0. The van der Waals surface area contributed by atoms with Crippen molar-refractivity contribution in [2.45, 2.75) is 90.9 Å². The fraction of sp³-hybridized carbons (Fsp3) is 0.500. The number of carbonyl (C=O) groups is 4. The normalized spacial score (nSPS) is 12.8. The molecular formula is C32H44N2O8S2. The molecule has 2 aromatic rings. The van der Waals surface area contributed by atoms with Crippen molar-refractivity contribution in [1.82, 2.24) is 10.6 Å². The number of hydrogen-bond donors (Lipinski definition) is 2. The highest BCUT2D eigenvalue weighted by Crippen LogP contribution is 2.25. The molecule has 0 saturated heterocycles. The van der Waals surface area contributed by atoms with E-state index in [2.05, 4.69) is 10.6 Å². The van der Waals surface area contributed by atoms with Crippen LogP contribution >= 0.6 is 21.6 Å². The average molecular weight is 649 g/mol. The first-order valence-corrected chi connectivity index (χ1v) is 16.9. The van der Waals surface area contributed by atoms with E-state index in [0.29, 0.717) is 24.3 Å². The lowest BCUT2D eigenvalue weighted by molar-refractivity contribution is -0.158. The van der Waals surface area contributed by atoms with Crippen molar-refractivity contribution in [1.29, 1.82) is 0 Å². The Kier molecular flexibility index (Phi) is 15.4. The van der Waals surface area contributed by atoms with Gasteiger partial charge in [0, 0.05) is 11.5 Å². The fourth-order valence-electron chi connectivity index (χ4n) is 3.51. The molecule has 0 aromatic heterocycles. The van der Waals surface area contributed by atoms with Gasteiger partial charge >= 0.3 is 24.1 Å². The molecule has 0 aliphatic heterocycles. The van der Waals surface area contributed by atoms with E-state index in [9.17, 15) is 19.2 Å². The number of rotatable bonds is 15. The number of alkyl carbamates (subject to hydrolysis) is 2. The topological polar surface area (TPSA) is 129 Å². The first-order chi connectivity index (χ1) is 20.7. The molecule has 0 aliphatic carbocycles.